The van der Waals surface area contributed by atoms with Crippen LogP contribution in [0.2, 0.25) is 0 Å². The van der Waals surface area contributed by atoms with E-state index in [-0.39, 0.29) is 18.4 Å². The molecule has 0 atom stereocenters. The molecule has 0 aromatic heterocycles. The van der Waals surface area contributed by atoms with Crippen molar-refractivity contribution in [2.45, 2.75) is 32.1 Å². The Labute approximate surface area is 119 Å². The molecule has 0 spiro atoms. The number of amides is 2. The standard InChI is InChI=1S/C15H22N2O3/c1-2-7-17(11-13-3-4-13)15(20)16-8-5-12(6-9-16)10-14(18)19/h1,12-13H,3-11H2,(H,18,19). The summed E-state index contributed by atoms with van der Waals surface area (Å²) >= 11 is 0. The van der Waals surface area contributed by atoms with Crippen molar-refractivity contribution < 1.29 is 14.7 Å². The van der Waals surface area contributed by atoms with Crippen LogP contribution in [0.3, 0.4) is 0 Å². The third-order valence-corrected chi connectivity index (χ3v) is 4.08. The molecule has 1 aliphatic carbocycles. The molecule has 0 aromatic rings. The van der Waals surface area contributed by atoms with E-state index in [1.807, 2.05) is 4.90 Å². The number of nitrogens with zero attached hydrogens (tertiary/aromatic N) is 2. The maximum atomic E-state index is 12.4. The minimum Gasteiger partial charge on any atom is -0.481 e. The summed E-state index contributed by atoms with van der Waals surface area (Å²) in [6.07, 6.45) is 9.47. The Kier molecular flexibility index (Phi) is 4.89. The highest BCUT2D eigenvalue weighted by atomic mass is 16.4. The van der Waals surface area contributed by atoms with Crippen LogP contribution < -0.4 is 0 Å². The number of carbonyl (C=O) groups excluding carboxylic acids is 1. The number of hydrogen-bond acceptors (Lipinski definition) is 2. The van der Waals surface area contributed by atoms with Gasteiger partial charge in [0.15, 0.2) is 0 Å². The Balaban J connectivity index is 1.82. The lowest BCUT2D eigenvalue weighted by molar-refractivity contribution is -0.138. The first-order valence-corrected chi connectivity index (χ1v) is 7.29. The Morgan fingerprint density at radius 1 is 1.20 bits per heavy atom. The van der Waals surface area contributed by atoms with Gasteiger partial charge in [-0.2, -0.15) is 0 Å². The van der Waals surface area contributed by atoms with Crippen molar-refractivity contribution in [1.29, 1.82) is 0 Å². The second-order valence-electron chi connectivity index (χ2n) is 5.84. The van der Waals surface area contributed by atoms with Crippen molar-refractivity contribution in [3.8, 4) is 12.3 Å². The highest BCUT2D eigenvalue weighted by Crippen LogP contribution is 2.30. The molecule has 0 aromatic carbocycles. The van der Waals surface area contributed by atoms with Gasteiger partial charge in [-0.05, 0) is 37.5 Å². The van der Waals surface area contributed by atoms with Gasteiger partial charge in [-0.15, -0.1) is 6.42 Å². The van der Waals surface area contributed by atoms with E-state index in [0.717, 1.165) is 19.4 Å². The number of aliphatic carboxylic acids is 1. The minimum absolute atomic E-state index is 0.0172. The smallest absolute Gasteiger partial charge is 0.320 e. The van der Waals surface area contributed by atoms with Crippen LogP contribution in [-0.2, 0) is 4.79 Å². The molecule has 2 aliphatic rings. The number of carboxylic acids is 1. The molecular weight excluding hydrogens is 256 g/mol. The van der Waals surface area contributed by atoms with Crippen LogP contribution in [-0.4, -0.2) is 53.1 Å². The first kappa shape index (κ1) is 14.7. The molecule has 1 saturated heterocycles. The van der Waals surface area contributed by atoms with Gasteiger partial charge in [-0.1, -0.05) is 5.92 Å². The molecule has 0 unspecified atom stereocenters. The molecule has 0 radical (unpaired) electrons. The number of terminal acetylenes is 1. The Morgan fingerprint density at radius 2 is 1.85 bits per heavy atom. The van der Waals surface area contributed by atoms with Crippen LogP contribution in [0.5, 0.6) is 0 Å². The van der Waals surface area contributed by atoms with Gasteiger partial charge in [0.1, 0.15) is 0 Å². The van der Waals surface area contributed by atoms with Crippen LogP contribution >= 0.6 is 0 Å². The SMILES string of the molecule is C#CCN(CC1CC1)C(=O)N1CCC(CC(=O)O)CC1. The summed E-state index contributed by atoms with van der Waals surface area (Å²) < 4.78 is 0. The summed E-state index contributed by atoms with van der Waals surface area (Å²) in [4.78, 5) is 26.7. The third kappa shape index (κ3) is 4.16. The summed E-state index contributed by atoms with van der Waals surface area (Å²) in [5.41, 5.74) is 0. The number of carbonyl (C=O) groups is 2. The largest absolute Gasteiger partial charge is 0.481 e. The van der Waals surface area contributed by atoms with Crippen LogP contribution in [0.4, 0.5) is 4.79 Å². The van der Waals surface area contributed by atoms with Gasteiger partial charge in [-0.3, -0.25) is 4.79 Å². The Morgan fingerprint density at radius 3 is 2.35 bits per heavy atom. The van der Waals surface area contributed by atoms with Crippen LogP contribution in [0, 0.1) is 24.2 Å². The summed E-state index contributed by atoms with van der Waals surface area (Å²) in [7, 11) is 0. The van der Waals surface area contributed by atoms with E-state index in [1.165, 1.54) is 12.8 Å². The summed E-state index contributed by atoms with van der Waals surface area (Å²) in [6, 6.07) is 0.0172. The fourth-order valence-corrected chi connectivity index (χ4v) is 2.71. The van der Waals surface area contributed by atoms with Crippen LogP contribution in [0.25, 0.3) is 0 Å². The van der Waals surface area contributed by atoms with Crippen LogP contribution in [0.15, 0.2) is 0 Å². The fourth-order valence-electron chi connectivity index (χ4n) is 2.71. The lowest BCUT2D eigenvalue weighted by Crippen LogP contribution is -2.47. The summed E-state index contributed by atoms with van der Waals surface area (Å²) in [5.74, 6) is 2.62. The highest BCUT2D eigenvalue weighted by Gasteiger charge is 2.30. The van der Waals surface area contributed by atoms with Gasteiger partial charge in [0.05, 0.1) is 6.54 Å². The predicted octanol–water partition coefficient (Wildman–Crippen LogP) is 1.64. The van der Waals surface area contributed by atoms with Crippen molar-refractivity contribution in [1.82, 2.24) is 9.80 Å². The number of piperidine rings is 1. The molecule has 5 heteroatoms. The zero-order valence-corrected chi connectivity index (χ0v) is 11.8. The average Bonchev–Trinajstić information content (AvgIpc) is 3.22. The zero-order valence-electron chi connectivity index (χ0n) is 11.8. The first-order valence-electron chi connectivity index (χ1n) is 7.29. The van der Waals surface area contributed by atoms with E-state index in [1.54, 1.807) is 4.90 Å². The predicted molar refractivity (Wildman–Crippen MR) is 75.1 cm³/mol. The molecule has 0 bridgehead atoms. The molecule has 1 heterocycles. The average molecular weight is 278 g/mol. The molecule has 110 valence electrons. The monoisotopic (exact) mass is 278 g/mol. The Bertz CT molecular complexity index is 404. The van der Waals surface area contributed by atoms with Gasteiger partial charge >= 0.3 is 12.0 Å². The van der Waals surface area contributed by atoms with E-state index >= 15 is 0 Å². The highest BCUT2D eigenvalue weighted by molar-refractivity contribution is 5.75. The van der Waals surface area contributed by atoms with E-state index < -0.39 is 5.97 Å². The van der Waals surface area contributed by atoms with Gasteiger partial charge < -0.3 is 14.9 Å². The van der Waals surface area contributed by atoms with E-state index in [2.05, 4.69) is 5.92 Å². The first-order chi connectivity index (χ1) is 9.60. The van der Waals surface area contributed by atoms with Gasteiger partial charge in [0, 0.05) is 26.1 Å². The molecule has 5 nitrogen and oxygen atoms in total. The van der Waals surface area contributed by atoms with Gasteiger partial charge in [-0.25, -0.2) is 4.79 Å². The van der Waals surface area contributed by atoms with Gasteiger partial charge in [0.25, 0.3) is 0 Å². The molecular formula is C15H22N2O3. The molecule has 20 heavy (non-hydrogen) atoms. The van der Waals surface area contributed by atoms with E-state index in [0.29, 0.717) is 25.6 Å². The van der Waals surface area contributed by atoms with Crippen molar-refractivity contribution in [3.63, 3.8) is 0 Å². The van der Waals surface area contributed by atoms with Crippen LogP contribution in [0.1, 0.15) is 32.1 Å². The number of likely N-dealkylation sites (tertiary alicyclic amines) is 1. The Hall–Kier alpha value is -1.70. The molecule has 2 rings (SSSR count). The normalized spacial score (nSPS) is 19.4. The zero-order chi connectivity index (χ0) is 14.5. The van der Waals surface area contributed by atoms with Crippen molar-refractivity contribution in [2.75, 3.05) is 26.2 Å². The third-order valence-electron chi connectivity index (χ3n) is 4.08. The van der Waals surface area contributed by atoms with Gasteiger partial charge in [0.2, 0.25) is 0 Å². The molecule has 1 saturated carbocycles. The number of carboxylic acid groups (broad SMARTS) is 1. The lowest BCUT2D eigenvalue weighted by Gasteiger charge is -2.35. The summed E-state index contributed by atoms with van der Waals surface area (Å²) in [5, 5.41) is 8.79. The van der Waals surface area contributed by atoms with Crippen molar-refractivity contribution in [3.05, 3.63) is 0 Å². The maximum absolute atomic E-state index is 12.4. The summed E-state index contributed by atoms with van der Waals surface area (Å²) in [6.45, 7) is 2.41. The molecule has 1 N–H and O–H groups in total. The van der Waals surface area contributed by atoms with E-state index in [4.69, 9.17) is 11.5 Å². The second-order valence-corrected chi connectivity index (χ2v) is 5.84. The lowest BCUT2D eigenvalue weighted by atomic mass is 9.94. The maximum Gasteiger partial charge on any atom is 0.320 e. The van der Waals surface area contributed by atoms with Crippen molar-refractivity contribution >= 4 is 12.0 Å². The fraction of sp³-hybridized carbons (Fsp3) is 0.733. The number of urea groups is 1. The molecule has 2 fully saturated rings. The topological polar surface area (TPSA) is 60.9 Å². The number of hydrogen-bond donors (Lipinski definition) is 1. The number of rotatable bonds is 5. The molecule has 2 amide bonds. The minimum atomic E-state index is -0.752. The molecule has 1 aliphatic heterocycles. The van der Waals surface area contributed by atoms with Crippen molar-refractivity contribution in [2.24, 2.45) is 11.8 Å². The van der Waals surface area contributed by atoms with E-state index in [9.17, 15) is 9.59 Å². The second kappa shape index (κ2) is 6.65. The quantitative estimate of drug-likeness (QED) is 0.778.